The second-order valence-electron chi connectivity index (χ2n) is 5.38. The van der Waals surface area contributed by atoms with Gasteiger partial charge in [-0.05, 0) is 25.6 Å². The van der Waals surface area contributed by atoms with Gasteiger partial charge in [0, 0.05) is 5.56 Å². The van der Waals surface area contributed by atoms with Gasteiger partial charge < -0.3 is 9.55 Å². The molecule has 0 bridgehead atoms. The van der Waals surface area contributed by atoms with Gasteiger partial charge in [0.05, 0.1) is 0 Å². The molecule has 0 aliphatic carbocycles. The van der Waals surface area contributed by atoms with Crippen molar-refractivity contribution >= 4 is 14.0 Å². The van der Waals surface area contributed by atoms with E-state index in [1.807, 2.05) is 30.3 Å². The minimum Gasteiger partial charge on any atom is -0.456 e. The van der Waals surface area contributed by atoms with Crippen molar-refractivity contribution in [2.75, 3.05) is 7.05 Å². The Labute approximate surface area is 131 Å². The normalized spacial score (nSPS) is 13.6. The monoisotopic (exact) mass is 299 g/mol. The van der Waals surface area contributed by atoms with E-state index in [1.165, 1.54) is 6.07 Å². The molecule has 0 fully saturated rings. The number of benzene rings is 2. The molecule has 0 amide bonds. The van der Waals surface area contributed by atoms with Gasteiger partial charge in [-0.15, -0.1) is 0 Å². The Morgan fingerprint density at radius 3 is 2.32 bits per heavy atom. The summed E-state index contributed by atoms with van der Waals surface area (Å²) in [4.78, 5) is 14.1. The summed E-state index contributed by atoms with van der Waals surface area (Å²) in [6.07, 6.45) is -0.386. The van der Waals surface area contributed by atoms with Gasteiger partial charge >= 0.3 is 5.97 Å². The first-order valence-electron chi connectivity index (χ1n) is 7.17. The molecule has 3 nitrogen and oxygen atoms in total. The van der Waals surface area contributed by atoms with E-state index in [1.54, 1.807) is 45.0 Å². The summed E-state index contributed by atoms with van der Waals surface area (Å²) in [6.45, 7) is 1.81. The average Bonchev–Trinajstić information content (AvgIpc) is 2.50. The SMILES string of the molecule is BN(C)[C@@H](C(=O)O[C@@H](C)c1ccccc1)c1ccccc1F. The standard InChI is InChI=1S/C17H19BFNO2/c1-12(13-8-4-3-5-9-13)22-17(21)16(20(2)18)14-10-6-7-11-15(14)19/h3-12,16H,18H2,1-2H3/t12-,16+/m0/s1. The maximum Gasteiger partial charge on any atom is 0.327 e. The van der Waals surface area contributed by atoms with Crippen LogP contribution >= 0.6 is 0 Å². The number of esters is 1. The largest absolute Gasteiger partial charge is 0.456 e. The van der Waals surface area contributed by atoms with E-state index in [9.17, 15) is 9.18 Å². The van der Waals surface area contributed by atoms with Crippen LogP contribution in [0, 0.1) is 5.82 Å². The first kappa shape index (κ1) is 16.2. The fourth-order valence-corrected chi connectivity index (χ4v) is 2.34. The summed E-state index contributed by atoms with van der Waals surface area (Å²) >= 11 is 0. The van der Waals surface area contributed by atoms with Crippen LogP contribution in [0.2, 0.25) is 0 Å². The Morgan fingerprint density at radius 1 is 1.14 bits per heavy atom. The van der Waals surface area contributed by atoms with Crippen LogP contribution in [-0.2, 0) is 9.53 Å². The van der Waals surface area contributed by atoms with Gasteiger partial charge in [0.2, 0.25) is 0 Å². The third-order valence-corrected chi connectivity index (χ3v) is 3.50. The summed E-state index contributed by atoms with van der Waals surface area (Å²) in [5, 5.41) is 0. The predicted molar refractivity (Wildman–Crippen MR) is 86.4 cm³/mol. The van der Waals surface area contributed by atoms with E-state index in [0.717, 1.165) is 5.56 Å². The third-order valence-electron chi connectivity index (χ3n) is 3.50. The zero-order valence-electron chi connectivity index (χ0n) is 13.0. The smallest absolute Gasteiger partial charge is 0.327 e. The van der Waals surface area contributed by atoms with Crippen molar-refractivity contribution in [2.45, 2.75) is 19.1 Å². The number of carbonyl (C=O) groups excluding carboxylic acids is 1. The zero-order valence-corrected chi connectivity index (χ0v) is 13.0. The summed E-state index contributed by atoms with van der Waals surface area (Å²) in [5.74, 6) is -0.878. The van der Waals surface area contributed by atoms with Crippen molar-refractivity contribution in [1.82, 2.24) is 4.81 Å². The van der Waals surface area contributed by atoms with E-state index in [-0.39, 0.29) is 6.10 Å². The molecule has 114 valence electrons. The molecule has 5 heteroatoms. The van der Waals surface area contributed by atoms with E-state index < -0.39 is 17.8 Å². The van der Waals surface area contributed by atoms with Gasteiger partial charge in [0.25, 0.3) is 0 Å². The van der Waals surface area contributed by atoms with Crippen LogP contribution in [0.15, 0.2) is 54.6 Å². The average molecular weight is 299 g/mol. The van der Waals surface area contributed by atoms with Crippen LogP contribution in [0.4, 0.5) is 4.39 Å². The Morgan fingerprint density at radius 2 is 1.73 bits per heavy atom. The van der Waals surface area contributed by atoms with E-state index >= 15 is 0 Å². The molecule has 2 atom stereocenters. The highest BCUT2D eigenvalue weighted by atomic mass is 19.1. The molecule has 0 unspecified atom stereocenters. The summed E-state index contributed by atoms with van der Waals surface area (Å²) in [5.41, 5.74) is 1.22. The number of hydrogen-bond acceptors (Lipinski definition) is 3. The number of ether oxygens (including phenoxy) is 1. The molecule has 0 spiro atoms. The Kier molecular flexibility index (Phi) is 5.33. The topological polar surface area (TPSA) is 29.5 Å². The zero-order chi connectivity index (χ0) is 16.1. The second kappa shape index (κ2) is 7.23. The Bertz CT molecular complexity index is 634. The maximum atomic E-state index is 14.0. The highest BCUT2D eigenvalue weighted by molar-refractivity contribution is 6.06. The highest BCUT2D eigenvalue weighted by Crippen LogP contribution is 2.25. The number of carbonyl (C=O) groups is 1. The van der Waals surface area contributed by atoms with Gasteiger partial charge in [-0.3, -0.25) is 0 Å². The van der Waals surface area contributed by atoms with Crippen LogP contribution in [0.3, 0.4) is 0 Å². The van der Waals surface area contributed by atoms with Gasteiger partial charge in [-0.25, -0.2) is 9.18 Å². The fourth-order valence-electron chi connectivity index (χ4n) is 2.34. The van der Waals surface area contributed by atoms with Crippen LogP contribution in [0.5, 0.6) is 0 Å². The highest BCUT2D eigenvalue weighted by Gasteiger charge is 2.28. The van der Waals surface area contributed by atoms with Crippen molar-refractivity contribution in [2.24, 2.45) is 0 Å². The first-order valence-corrected chi connectivity index (χ1v) is 7.17. The number of hydrogen-bond donors (Lipinski definition) is 0. The van der Waals surface area contributed by atoms with E-state index in [4.69, 9.17) is 4.74 Å². The van der Waals surface area contributed by atoms with E-state index in [0.29, 0.717) is 5.56 Å². The van der Waals surface area contributed by atoms with Crippen molar-refractivity contribution in [3.05, 3.63) is 71.5 Å². The lowest BCUT2D eigenvalue weighted by Gasteiger charge is -2.25. The van der Waals surface area contributed by atoms with Gasteiger partial charge in [-0.1, -0.05) is 48.5 Å². The maximum absolute atomic E-state index is 14.0. The van der Waals surface area contributed by atoms with Gasteiger partial charge in [0.1, 0.15) is 18.0 Å². The molecule has 0 aromatic heterocycles. The molecule has 2 aromatic rings. The van der Waals surface area contributed by atoms with Crippen molar-refractivity contribution in [3.8, 4) is 0 Å². The molecule has 2 aromatic carbocycles. The summed E-state index contributed by atoms with van der Waals surface area (Å²) < 4.78 is 19.5. The van der Waals surface area contributed by atoms with Crippen LogP contribution in [-0.4, -0.2) is 25.8 Å². The lowest BCUT2D eigenvalue weighted by molar-refractivity contribution is -0.153. The summed E-state index contributed by atoms with van der Waals surface area (Å²) in [7, 11) is 3.46. The van der Waals surface area contributed by atoms with Crippen LogP contribution in [0.25, 0.3) is 0 Å². The minimum atomic E-state index is -0.771. The molecular weight excluding hydrogens is 280 g/mol. The minimum absolute atomic E-state index is 0.317. The molecule has 0 aliphatic rings. The number of nitrogens with zero attached hydrogens (tertiary/aromatic N) is 1. The fraction of sp³-hybridized carbons (Fsp3) is 0.235. The lowest BCUT2D eigenvalue weighted by Crippen LogP contribution is -2.31. The molecule has 2 rings (SSSR count). The third kappa shape index (κ3) is 3.74. The summed E-state index contributed by atoms with van der Waals surface area (Å²) in [6, 6.07) is 15.0. The molecule has 0 saturated heterocycles. The Balaban J connectivity index is 2.19. The van der Waals surface area contributed by atoms with Gasteiger partial charge in [-0.2, -0.15) is 0 Å². The number of halogens is 1. The number of likely N-dealkylation sites (N-methyl/N-ethyl adjacent to an activating group) is 1. The van der Waals surface area contributed by atoms with Crippen molar-refractivity contribution in [1.29, 1.82) is 0 Å². The molecule has 0 aliphatic heterocycles. The molecule has 22 heavy (non-hydrogen) atoms. The van der Waals surface area contributed by atoms with Crippen molar-refractivity contribution in [3.63, 3.8) is 0 Å². The van der Waals surface area contributed by atoms with E-state index in [2.05, 4.69) is 0 Å². The molecule has 0 radical (unpaired) electrons. The lowest BCUT2D eigenvalue weighted by atomic mass is 10.0. The quantitative estimate of drug-likeness (QED) is 0.628. The predicted octanol–water partition coefficient (Wildman–Crippen LogP) is 2.65. The molecule has 0 N–H and O–H groups in total. The van der Waals surface area contributed by atoms with Crippen LogP contribution in [0.1, 0.15) is 30.2 Å². The molecule has 0 saturated carbocycles. The Hall–Kier alpha value is -2.14. The van der Waals surface area contributed by atoms with Crippen LogP contribution < -0.4 is 0 Å². The second-order valence-corrected chi connectivity index (χ2v) is 5.38. The molecular formula is C17H19BFNO2. The van der Waals surface area contributed by atoms with Gasteiger partial charge in [0.15, 0.2) is 7.98 Å². The molecule has 0 heterocycles. The van der Waals surface area contributed by atoms with Crippen molar-refractivity contribution < 1.29 is 13.9 Å². The number of rotatable bonds is 5. The first-order chi connectivity index (χ1) is 10.5.